The fourth-order valence-electron chi connectivity index (χ4n) is 14.7. The van der Waals surface area contributed by atoms with Crippen LogP contribution in [0.4, 0.5) is 0 Å². The Morgan fingerprint density at radius 1 is 0.653 bits per heavy atom. The molecule has 32 atom stereocenters. The number of rotatable bonds is 18. The molecule has 0 amide bonds. The van der Waals surface area contributed by atoms with Crippen LogP contribution in [0, 0.1) is 12.8 Å². The molecule has 1 aromatic rings. The van der Waals surface area contributed by atoms with E-state index in [1.54, 1.807) is 48.5 Å². The van der Waals surface area contributed by atoms with Crippen LogP contribution in [0.25, 0.3) is 0 Å². The summed E-state index contributed by atoms with van der Waals surface area (Å²) in [5, 5.41) is 79.9. The average molecular weight is 1410 g/mol. The molecular weight excluding hydrogens is 1320 g/mol. The molecule has 95 heavy (non-hydrogen) atoms. The van der Waals surface area contributed by atoms with Crippen LogP contribution in [0.5, 0.6) is 11.5 Å². The lowest BCUT2D eigenvalue weighted by Crippen LogP contribution is -2.72. The second kappa shape index (κ2) is 28.6. The number of benzene rings is 1. The van der Waals surface area contributed by atoms with Crippen molar-refractivity contribution >= 4 is 35.1 Å². The van der Waals surface area contributed by atoms with Gasteiger partial charge in [0.05, 0.1) is 86.5 Å². The zero-order valence-corrected chi connectivity index (χ0v) is 56.6. The molecule has 10 saturated heterocycles. The van der Waals surface area contributed by atoms with Gasteiger partial charge in [-0.05, 0) is 61.0 Å². The molecular formula is C61H90Cl2O32. The van der Waals surface area contributed by atoms with Crippen LogP contribution in [0.1, 0.15) is 97.5 Å². The topological polar surface area (TPSA) is 388 Å². The van der Waals surface area contributed by atoms with Crippen molar-refractivity contribution in [2.45, 2.75) is 283 Å². The predicted octanol–water partition coefficient (Wildman–Crippen LogP) is 0.844. The van der Waals surface area contributed by atoms with Crippen molar-refractivity contribution in [2.24, 2.45) is 5.92 Å². The van der Waals surface area contributed by atoms with Crippen LogP contribution in [0.15, 0.2) is 0 Å². The van der Waals surface area contributed by atoms with Gasteiger partial charge in [-0.2, -0.15) is 0 Å². The summed E-state index contributed by atoms with van der Waals surface area (Å²) in [6.07, 6.45) is -33.7. The van der Waals surface area contributed by atoms with E-state index >= 15 is 0 Å². The number of fused-ring (bicyclic) bond motifs is 4. The third kappa shape index (κ3) is 13.5. The highest BCUT2D eigenvalue weighted by atomic mass is 35.5. The molecule has 10 fully saturated rings. The maximum absolute atomic E-state index is 13.6. The number of aromatic hydroxyl groups is 1. The number of esters is 2. The number of hydrogen-bond donors (Lipinski definition) is 7. The summed E-state index contributed by atoms with van der Waals surface area (Å²) in [6, 6.07) is 0. The van der Waals surface area contributed by atoms with Crippen LogP contribution < -0.4 is 4.74 Å². The Kier molecular flexibility index (Phi) is 22.1. The third-order valence-electron chi connectivity index (χ3n) is 19.5. The number of aliphatic hydroxyl groups excluding tert-OH is 5. The Morgan fingerprint density at radius 3 is 1.99 bits per heavy atom. The molecule has 1 unspecified atom stereocenters. The van der Waals surface area contributed by atoms with E-state index in [9.17, 15) is 45.3 Å². The normalized spacial score (nSPS) is 47.7. The Hall–Kier alpha value is -2.70. The number of phenols is 1. The van der Waals surface area contributed by atoms with E-state index in [1.807, 2.05) is 0 Å². The van der Waals surface area contributed by atoms with Crippen molar-refractivity contribution in [3.05, 3.63) is 21.2 Å². The number of methoxy groups -OCH3 is 4. The maximum atomic E-state index is 13.6. The molecule has 540 valence electrons. The lowest BCUT2D eigenvalue weighted by atomic mass is 9.80. The van der Waals surface area contributed by atoms with Crippen molar-refractivity contribution in [1.29, 1.82) is 0 Å². The minimum atomic E-state index is -2.03. The average Bonchev–Trinajstić information content (AvgIpc) is 1.59. The molecule has 0 radical (unpaired) electrons. The molecule has 1 aromatic carbocycles. The molecule has 0 saturated carbocycles. The van der Waals surface area contributed by atoms with E-state index < -0.39 is 219 Å². The van der Waals surface area contributed by atoms with Gasteiger partial charge in [-0.1, -0.05) is 37.0 Å². The number of ether oxygens (including phenoxy) is 23. The summed E-state index contributed by atoms with van der Waals surface area (Å²) >= 11 is 12.5. The zero-order chi connectivity index (χ0) is 68.9. The molecule has 32 nitrogen and oxygen atoms in total. The van der Waals surface area contributed by atoms with Gasteiger partial charge in [0.1, 0.15) is 102 Å². The highest BCUT2D eigenvalue weighted by Gasteiger charge is 2.73. The number of halogens is 2. The quantitative estimate of drug-likeness (QED) is 0.100. The van der Waals surface area contributed by atoms with Crippen molar-refractivity contribution in [3.8, 4) is 11.5 Å². The first-order chi connectivity index (χ1) is 44.9. The highest BCUT2D eigenvalue weighted by Crippen LogP contribution is 2.53. The monoisotopic (exact) mass is 1400 g/mol. The predicted molar refractivity (Wildman–Crippen MR) is 314 cm³/mol. The SMILES string of the molecule is COC[C@H]1O[C@@H](O[C@@H]2OC[C@@H]3O[C@]4(O[C@H]3[C@H]2OC(=O)C(C)C)O[C@H](C)[C@@](O)([C@H](C)O)[C@@H]2OCO[C@H]24)[C@@H](OC)[C@@H](O)[C@@H]1O[C@@H]1O[C@H](C)[C@H](OC)[C@H](O[C@H]2C[C@@]3(C)OC4(C[C@@H](O)[C@H](O[C@H]5C[C@@H](O)[C@H](OC(=O)c6c(C)c(Cl)c(O)c(Cl)c6OC)[C@@H](C)O5)[C@@H](C)O4)O[C@@H]3[C@@H](C)O2)[C@H]1O. The lowest BCUT2D eigenvalue weighted by molar-refractivity contribution is -0.439. The fraction of sp³-hybridized carbons (Fsp3) is 0.869. The van der Waals surface area contributed by atoms with E-state index in [2.05, 4.69) is 0 Å². The van der Waals surface area contributed by atoms with E-state index in [-0.39, 0.29) is 66.2 Å². The van der Waals surface area contributed by atoms with Crippen molar-refractivity contribution in [3.63, 3.8) is 0 Å². The van der Waals surface area contributed by atoms with Gasteiger partial charge in [-0.3, -0.25) is 4.79 Å². The fourth-order valence-corrected chi connectivity index (χ4v) is 15.2. The summed E-state index contributed by atoms with van der Waals surface area (Å²) in [7, 11) is 5.37. The number of aliphatic hydroxyl groups is 6. The molecule has 2 spiro atoms. The molecule has 10 heterocycles. The Balaban J connectivity index is 0.722. The van der Waals surface area contributed by atoms with Crippen LogP contribution in [0.3, 0.4) is 0 Å². The Bertz CT molecular complexity index is 2840. The Morgan fingerprint density at radius 2 is 1.34 bits per heavy atom. The lowest BCUT2D eigenvalue weighted by Gasteiger charge is -2.51. The number of phenolic OH excluding ortho intramolecular Hbond substituents is 1. The van der Waals surface area contributed by atoms with Gasteiger partial charge in [0, 0.05) is 34.2 Å². The Labute approximate surface area is 558 Å². The van der Waals surface area contributed by atoms with Gasteiger partial charge in [-0.25, -0.2) is 4.79 Å². The molecule has 0 aliphatic carbocycles. The van der Waals surface area contributed by atoms with Crippen LogP contribution in [-0.4, -0.2) is 291 Å². The summed E-state index contributed by atoms with van der Waals surface area (Å²) in [5.74, 6) is -6.71. The minimum absolute atomic E-state index is 0.00581. The van der Waals surface area contributed by atoms with Crippen LogP contribution in [-0.2, 0) is 109 Å². The summed E-state index contributed by atoms with van der Waals surface area (Å²) < 4.78 is 142. The van der Waals surface area contributed by atoms with Crippen molar-refractivity contribution in [2.75, 3.05) is 48.4 Å². The van der Waals surface area contributed by atoms with Gasteiger partial charge < -0.3 is 145 Å². The van der Waals surface area contributed by atoms with Gasteiger partial charge in [0.25, 0.3) is 5.97 Å². The molecule has 34 heteroatoms. The molecule has 7 N–H and O–H groups in total. The number of hydrogen-bond acceptors (Lipinski definition) is 32. The first-order valence-corrected chi connectivity index (χ1v) is 32.6. The largest absolute Gasteiger partial charge is 0.505 e. The van der Waals surface area contributed by atoms with Crippen LogP contribution in [0.2, 0.25) is 10.0 Å². The zero-order valence-electron chi connectivity index (χ0n) is 55.1. The number of carbonyl (C=O) groups excluding carboxylic acids is 2. The van der Waals surface area contributed by atoms with Crippen molar-refractivity contribution in [1.82, 2.24) is 0 Å². The van der Waals surface area contributed by atoms with E-state index in [1.165, 1.54) is 49.2 Å². The van der Waals surface area contributed by atoms with E-state index in [0.29, 0.717) is 0 Å². The number of carbonyl (C=O) groups is 2. The molecule has 11 rings (SSSR count). The molecule has 10 aliphatic rings. The van der Waals surface area contributed by atoms with Gasteiger partial charge in [-0.15, -0.1) is 0 Å². The first-order valence-electron chi connectivity index (χ1n) is 31.9. The molecule has 0 bridgehead atoms. The molecule has 10 aliphatic heterocycles. The highest BCUT2D eigenvalue weighted by molar-refractivity contribution is 6.39. The summed E-state index contributed by atoms with van der Waals surface area (Å²) in [6.45, 7) is 15.4. The minimum Gasteiger partial charge on any atom is -0.505 e. The third-order valence-corrected chi connectivity index (χ3v) is 20.4. The first kappa shape index (κ1) is 73.5. The van der Waals surface area contributed by atoms with Gasteiger partial charge >= 0.3 is 17.9 Å². The van der Waals surface area contributed by atoms with E-state index in [4.69, 9.17) is 132 Å². The van der Waals surface area contributed by atoms with E-state index in [0.717, 1.165) is 0 Å². The second-order valence-electron chi connectivity index (χ2n) is 26.4. The summed E-state index contributed by atoms with van der Waals surface area (Å²) in [5.41, 5.74) is -3.14. The van der Waals surface area contributed by atoms with Gasteiger partial charge in [0.15, 0.2) is 55.0 Å². The maximum Gasteiger partial charge on any atom is 0.342 e. The second-order valence-corrected chi connectivity index (χ2v) is 27.2. The van der Waals surface area contributed by atoms with Crippen LogP contribution >= 0.6 is 23.2 Å². The van der Waals surface area contributed by atoms with Gasteiger partial charge in [0.2, 0.25) is 6.29 Å². The summed E-state index contributed by atoms with van der Waals surface area (Å²) in [4.78, 5) is 27.0. The van der Waals surface area contributed by atoms with Crippen molar-refractivity contribution < 1.29 is 154 Å². The standard InChI is InChI=1S/C61H90Cl2O32/c1-21(2)53(70)87-49-45-32(92-61(93-45)52-51(78-20-79-52)60(72,27(8)64)28(9)91-61)19-77-56(49)89-57-48(76-14)39(68)44(31(83-57)18-73-11)88-55-40(69)47(43(74-12)24(5)82-55)85-34-17-58(10)50(26(7)81-34)94-59(95-58)16-30(66)42(25(6)90-59)84-33-15-29(65)41(23(4)80-33)86-54(71)35-22(3)36(62)38(67)37(63)46(35)75-13/h21,23-34,39-45,47-52,55-57,64-69,72H,15-20H2,1-14H3/t23-,24-,25-,26-,27+,28-,29-,30-,31-,32+,33+,34+,39+,40-,41-,42-,43+,44-,45-,47-,48+,49-,50-,51-,52-,55+,56+,57+,58-,59?,60+,61-/m1/s1. The smallest absolute Gasteiger partial charge is 0.342 e. The molecule has 0 aromatic heterocycles.